The van der Waals surface area contributed by atoms with Gasteiger partial charge in [-0.3, -0.25) is 4.79 Å². The highest BCUT2D eigenvalue weighted by molar-refractivity contribution is 6.30. The number of nitrogens with zero attached hydrogens (tertiary/aromatic N) is 4. The van der Waals surface area contributed by atoms with Crippen molar-refractivity contribution in [3.63, 3.8) is 0 Å². The van der Waals surface area contributed by atoms with E-state index in [1.54, 1.807) is 29.4 Å². The predicted molar refractivity (Wildman–Crippen MR) is 133 cm³/mol. The predicted octanol–water partition coefficient (Wildman–Crippen LogP) is 5.88. The molecule has 5 nitrogen and oxygen atoms in total. The van der Waals surface area contributed by atoms with E-state index in [9.17, 15) is 18.0 Å². The van der Waals surface area contributed by atoms with E-state index in [4.69, 9.17) is 11.6 Å². The van der Waals surface area contributed by atoms with E-state index in [1.165, 1.54) is 12.1 Å². The molecular weight excluding hydrogens is 489 g/mol. The zero-order valence-electron chi connectivity index (χ0n) is 19.3. The maximum atomic E-state index is 13.4. The summed E-state index contributed by atoms with van der Waals surface area (Å²) >= 11 is 6.23. The molecule has 1 atom stereocenters. The van der Waals surface area contributed by atoms with E-state index in [1.807, 2.05) is 45.7 Å². The van der Waals surface area contributed by atoms with Gasteiger partial charge in [-0.15, -0.1) is 0 Å². The third-order valence-corrected chi connectivity index (χ3v) is 6.83. The fourth-order valence-corrected chi connectivity index (χ4v) is 4.87. The largest absolute Gasteiger partial charge is 0.416 e. The Bertz CT molecular complexity index is 1360. The lowest BCUT2D eigenvalue weighted by molar-refractivity contribution is -0.137. The molecule has 2 aromatic carbocycles. The zero-order valence-corrected chi connectivity index (χ0v) is 20.1. The van der Waals surface area contributed by atoms with Crippen LogP contribution in [0.3, 0.4) is 0 Å². The molecule has 0 N–H and O–H groups in total. The van der Waals surface area contributed by atoms with Gasteiger partial charge in [-0.25, -0.2) is 4.98 Å². The average molecular weight is 513 g/mol. The van der Waals surface area contributed by atoms with Gasteiger partial charge in [0.1, 0.15) is 5.65 Å². The number of halogens is 4. The van der Waals surface area contributed by atoms with E-state index in [2.05, 4.69) is 4.98 Å². The Balaban J connectivity index is 1.33. The van der Waals surface area contributed by atoms with Gasteiger partial charge in [-0.05, 0) is 35.9 Å². The van der Waals surface area contributed by atoms with Crippen LogP contribution in [0.4, 0.5) is 18.9 Å². The van der Waals surface area contributed by atoms with E-state index in [0.717, 1.165) is 23.0 Å². The molecule has 0 saturated carbocycles. The molecule has 1 fully saturated rings. The highest BCUT2D eigenvalue weighted by Gasteiger charge is 2.32. The molecular formula is C27H24ClF3N4O. The Morgan fingerprint density at radius 2 is 1.72 bits per heavy atom. The average Bonchev–Trinajstić information content (AvgIpc) is 3.30. The second kappa shape index (κ2) is 9.85. The van der Waals surface area contributed by atoms with Gasteiger partial charge in [-0.2, -0.15) is 13.2 Å². The number of hydrogen-bond donors (Lipinski definition) is 0. The normalized spacial score (nSPS) is 15.3. The Kier molecular flexibility index (Phi) is 6.62. The van der Waals surface area contributed by atoms with E-state index >= 15 is 0 Å². The molecule has 1 saturated heterocycles. The van der Waals surface area contributed by atoms with Crippen LogP contribution in [0.5, 0.6) is 0 Å². The molecule has 2 aromatic heterocycles. The fraction of sp³-hybridized carbons (Fsp3) is 0.259. The number of carbonyl (C=O) groups excluding carboxylic acids is 1. The van der Waals surface area contributed by atoms with Crippen molar-refractivity contribution in [3.8, 4) is 0 Å². The Morgan fingerprint density at radius 3 is 2.44 bits per heavy atom. The smallest absolute Gasteiger partial charge is 0.368 e. The zero-order chi connectivity index (χ0) is 25.3. The first-order valence-corrected chi connectivity index (χ1v) is 12.0. The SMILES string of the molecule is O=C(CC(c1ccccc1)c1cnc2ccc(Cl)cn12)N1CCN(c2cccc(C(F)(F)F)c2)CC1. The van der Waals surface area contributed by atoms with Crippen molar-refractivity contribution in [2.24, 2.45) is 0 Å². The number of alkyl halides is 3. The summed E-state index contributed by atoms with van der Waals surface area (Å²) in [5.41, 5.74) is 2.46. The molecule has 0 spiro atoms. The third-order valence-electron chi connectivity index (χ3n) is 6.61. The van der Waals surface area contributed by atoms with Crippen LogP contribution in [0.2, 0.25) is 5.02 Å². The molecule has 186 valence electrons. The minimum Gasteiger partial charge on any atom is -0.368 e. The van der Waals surface area contributed by atoms with Gasteiger partial charge in [0.05, 0.1) is 16.3 Å². The summed E-state index contributed by atoms with van der Waals surface area (Å²) in [7, 11) is 0. The molecule has 36 heavy (non-hydrogen) atoms. The molecule has 1 aliphatic heterocycles. The van der Waals surface area contributed by atoms with Gasteiger partial charge in [0.25, 0.3) is 0 Å². The number of fused-ring (bicyclic) bond motifs is 1. The van der Waals surface area contributed by atoms with E-state index in [-0.39, 0.29) is 18.2 Å². The first-order valence-electron chi connectivity index (χ1n) is 11.7. The number of pyridine rings is 1. The Hall–Kier alpha value is -3.52. The summed E-state index contributed by atoms with van der Waals surface area (Å²) in [5, 5.41) is 0.575. The van der Waals surface area contributed by atoms with Crippen molar-refractivity contribution >= 4 is 28.8 Å². The van der Waals surface area contributed by atoms with Crippen molar-refractivity contribution in [1.29, 1.82) is 0 Å². The second-order valence-electron chi connectivity index (χ2n) is 8.84. The first-order chi connectivity index (χ1) is 17.3. The topological polar surface area (TPSA) is 40.9 Å². The molecule has 9 heteroatoms. The number of imidazole rings is 1. The van der Waals surface area contributed by atoms with Crippen LogP contribution < -0.4 is 4.90 Å². The molecule has 0 bridgehead atoms. The number of carbonyl (C=O) groups is 1. The van der Waals surface area contributed by atoms with Crippen molar-refractivity contribution in [3.05, 3.63) is 101 Å². The van der Waals surface area contributed by atoms with Crippen LogP contribution in [0.25, 0.3) is 5.65 Å². The van der Waals surface area contributed by atoms with Crippen LogP contribution in [-0.2, 0) is 11.0 Å². The minimum absolute atomic E-state index is 0.00970. The summed E-state index contributed by atoms with van der Waals surface area (Å²) in [5.74, 6) is -0.238. The number of aromatic nitrogens is 2. The van der Waals surface area contributed by atoms with Crippen LogP contribution in [-0.4, -0.2) is 46.4 Å². The van der Waals surface area contributed by atoms with Crippen LogP contribution in [0.1, 0.15) is 29.2 Å². The van der Waals surface area contributed by atoms with Crippen molar-refractivity contribution in [2.45, 2.75) is 18.5 Å². The number of rotatable bonds is 5. The molecule has 1 unspecified atom stereocenters. The second-order valence-corrected chi connectivity index (χ2v) is 9.28. The Labute approximate surface area is 211 Å². The summed E-state index contributed by atoms with van der Waals surface area (Å²) in [4.78, 5) is 21.6. The number of piperazine rings is 1. The van der Waals surface area contributed by atoms with Gasteiger partial charge in [0.2, 0.25) is 5.91 Å². The van der Waals surface area contributed by atoms with E-state index in [0.29, 0.717) is 36.9 Å². The van der Waals surface area contributed by atoms with Crippen molar-refractivity contribution in [2.75, 3.05) is 31.1 Å². The fourth-order valence-electron chi connectivity index (χ4n) is 4.71. The van der Waals surface area contributed by atoms with Crippen LogP contribution in [0, 0.1) is 0 Å². The molecule has 1 aliphatic rings. The lowest BCUT2D eigenvalue weighted by Gasteiger charge is -2.37. The molecule has 1 amide bonds. The van der Waals surface area contributed by atoms with Gasteiger partial charge < -0.3 is 14.2 Å². The molecule has 5 rings (SSSR count). The summed E-state index contributed by atoms with van der Waals surface area (Å²) in [6.07, 6.45) is -0.564. The third kappa shape index (κ3) is 5.04. The first kappa shape index (κ1) is 24.2. The van der Waals surface area contributed by atoms with Gasteiger partial charge in [0.15, 0.2) is 0 Å². The van der Waals surface area contributed by atoms with E-state index < -0.39 is 11.7 Å². The Morgan fingerprint density at radius 1 is 0.972 bits per heavy atom. The van der Waals surface area contributed by atoms with Crippen molar-refractivity contribution < 1.29 is 18.0 Å². The molecule has 0 radical (unpaired) electrons. The quantitative estimate of drug-likeness (QED) is 0.335. The van der Waals surface area contributed by atoms with Gasteiger partial charge >= 0.3 is 6.18 Å². The lowest BCUT2D eigenvalue weighted by atomic mass is 9.92. The standard InChI is InChI=1S/C27H24ClF3N4O/c28-21-9-10-25-32-17-24(35(25)18-21)23(19-5-2-1-3-6-19)16-26(36)34-13-11-33(12-14-34)22-8-4-7-20(15-22)27(29,30)31/h1-10,15,17-18,23H,11-14,16H2. The van der Waals surface area contributed by atoms with Crippen LogP contribution in [0.15, 0.2) is 79.1 Å². The number of hydrogen-bond acceptors (Lipinski definition) is 3. The molecule has 0 aliphatic carbocycles. The molecule has 4 aromatic rings. The summed E-state index contributed by atoms with van der Waals surface area (Å²) < 4.78 is 41.3. The highest BCUT2D eigenvalue weighted by Crippen LogP contribution is 2.33. The van der Waals surface area contributed by atoms with Gasteiger partial charge in [0, 0.05) is 56.6 Å². The highest BCUT2D eigenvalue weighted by atomic mass is 35.5. The summed E-state index contributed by atoms with van der Waals surface area (Å²) in [6, 6.07) is 18.7. The number of amides is 1. The minimum atomic E-state index is -4.39. The number of anilines is 1. The van der Waals surface area contributed by atoms with Gasteiger partial charge in [-0.1, -0.05) is 48.0 Å². The molecule has 3 heterocycles. The monoisotopic (exact) mass is 512 g/mol. The number of benzene rings is 2. The summed E-state index contributed by atoms with van der Waals surface area (Å²) in [6.45, 7) is 1.81. The maximum Gasteiger partial charge on any atom is 0.416 e. The van der Waals surface area contributed by atoms with Crippen molar-refractivity contribution in [1.82, 2.24) is 14.3 Å². The van der Waals surface area contributed by atoms with Crippen LogP contribution >= 0.6 is 11.6 Å². The maximum absolute atomic E-state index is 13.4. The lowest BCUT2D eigenvalue weighted by Crippen LogP contribution is -2.49.